The molecule has 0 saturated carbocycles. The first-order chi connectivity index (χ1) is 11.7. The number of ether oxygens (including phenoxy) is 3. The zero-order chi connectivity index (χ0) is 18.9. The van der Waals surface area contributed by atoms with E-state index in [2.05, 4.69) is 10.6 Å². The summed E-state index contributed by atoms with van der Waals surface area (Å²) >= 11 is 0. The lowest BCUT2D eigenvalue weighted by Gasteiger charge is -2.24. The van der Waals surface area contributed by atoms with E-state index >= 15 is 0 Å². The van der Waals surface area contributed by atoms with Crippen molar-refractivity contribution in [2.24, 2.45) is 0 Å². The number of amides is 2. The van der Waals surface area contributed by atoms with Gasteiger partial charge in [0.15, 0.2) is 6.29 Å². The van der Waals surface area contributed by atoms with Gasteiger partial charge in [0.25, 0.3) is 0 Å². The van der Waals surface area contributed by atoms with Crippen LogP contribution in [0, 0.1) is 0 Å². The van der Waals surface area contributed by atoms with Crippen molar-refractivity contribution in [2.45, 2.75) is 45.1 Å². The summed E-state index contributed by atoms with van der Waals surface area (Å²) in [5.74, 6) is -0.339. The molecule has 0 saturated heterocycles. The third-order valence-corrected chi connectivity index (χ3v) is 3.26. The van der Waals surface area contributed by atoms with Gasteiger partial charge < -0.3 is 24.8 Å². The Morgan fingerprint density at radius 3 is 2.20 bits per heavy atom. The van der Waals surface area contributed by atoms with Crippen molar-refractivity contribution in [3.8, 4) is 0 Å². The fraction of sp³-hybridized carbons (Fsp3) is 0.556. The number of benzene rings is 1. The number of nitrogens with one attached hydrogen (secondary N) is 2. The molecule has 0 aliphatic rings. The van der Waals surface area contributed by atoms with E-state index in [1.807, 2.05) is 30.3 Å². The second kappa shape index (κ2) is 10.0. The Morgan fingerprint density at radius 1 is 1.08 bits per heavy atom. The number of methoxy groups -OCH3 is 2. The molecule has 1 rings (SSSR count). The van der Waals surface area contributed by atoms with Gasteiger partial charge in [-0.05, 0) is 26.3 Å². The molecule has 0 fully saturated rings. The van der Waals surface area contributed by atoms with E-state index in [4.69, 9.17) is 14.2 Å². The van der Waals surface area contributed by atoms with Crippen LogP contribution in [0.1, 0.15) is 26.3 Å². The Labute approximate surface area is 149 Å². The molecule has 1 atom stereocenters. The van der Waals surface area contributed by atoms with Crippen molar-refractivity contribution < 1.29 is 23.8 Å². The fourth-order valence-electron chi connectivity index (χ4n) is 2.08. The lowest BCUT2D eigenvalue weighted by atomic mass is 10.1. The maximum atomic E-state index is 12.5. The van der Waals surface area contributed by atoms with Gasteiger partial charge >= 0.3 is 6.09 Å². The van der Waals surface area contributed by atoms with Gasteiger partial charge in [-0.15, -0.1) is 0 Å². The minimum atomic E-state index is -0.772. The number of carbonyl (C=O) groups excluding carboxylic acids is 2. The van der Waals surface area contributed by atoms with Crippen LogP contribution < -0.4 is 10.6 Å². The summed E-state index contributed by atoms with van der Waals surface area (Å²) in [4.78, 5) is 24.5. The minimum absolute atomic E-state index is 0.174. The summed E-state index contributed by atoms with van der Waals surface area (Å²) in [5, 5.41) is 5.34. The molecule has 2 amide bonds. The fourth-order valence-corrected chi connectivity index (χ4v) is 2.08. The molecular formula is C18H28N2O5. The molecule has 25 heavy (non-hydrogen) atoms. The molecule has 0 bridgehead atoms. The van der Waals surface area contributed by atoms with Gasteiger partial charge in [-0.3, -0.25) is 4.79 Å². The molecule has 1 aromatic rings. The zero-order valence-electron chi connectivity index (χ0n) is 15.5. The Bertz CT molecular complexity index is 538. The summed E-state index contributed by atoms with van der Waals surface area (Å²) < 4.78 is 15.3. The molecule has 0 heterocycles. The third-order valence-electron chi connectivity index (χ3n) is 3.26. The monoisotopic (exact) mass is 352 g/mol. The molecule has 7 heteroatoms. The van der Waals surface area contributed by atoms with Crippen molar-refractivity contribution in [2.75, 3.05) is 20.8 Å². The number of hydrogen-bond acceptors (Lipinski definition) is 5. The number of rotatable bonds is 8. The average Bonchev–Trinajstić information content (AvgIpc) is 2.54. The predicted octanol–water partition coefficient (Wildman–Crippen LogP) is 1.86. The van der Waals surface area contributed by atoms with Crippen molar-refractivity contribution in [3.63, 3.8) is 0 Å². The Kier molecular flexibility index (Phi) is 8.37. The van der Waals surface area contributed by atoms with Crippen LogP contribution in [0.2, 0.25) is 0 Å². The molecule has 140 valence electrons. The highest BCUT2D eigenvalue weighted by molar-refractivity contribution is 5.86. The molecule has 2 N–H and O–H groups in total. The largest absolute Gasteiger partial charge is 0.444 e. The van der Waals surface area contributed by atoms with Crippen LogP contribution in [-0.2, 0) is 25.4 Å². The van der Waals surface area contributed by atoms with E-state index in [1.165, 1.54) is 14.2 Å². The molecule has 1 aromatic carbocycles. The zero-order valence-corrected chi connectivity index (χ0v) is 15.5. The second-order valence-electron chi connectivity index (χ2n) is 6.53. The minimum Gasteiger partial charge on any atom is -0.444 e. The molecule has 0 spiro atoms. The molecular weight excluding hydrogens is 324 g/mol. The Hall–Kier alpha value is -2.12. The van der Waals surface area contributed by atoms with Gasteiger partial charge in [0.05, 0.1) is 6.54 Å². The van der Waals surface area contributed by atoms with E-state index in [0.717, 1.165) is 5.56 Å². The molecule has 0 aliphatic carbocycles. The summed E-state index contributed by atoms with van der Waals surface area (Å²) in [7, 11) is 2.97. The van der Waals surface area contributed by atoms with Gasteiger partial charge in [-0.1, -0.05) is 30.3 Å². The normalized spacial score (nSPS) is 12.6. The predicted molar refractivity (Wildman–Crippen MR) is 94.1 cm³/mol. The van der Waals surface area contributed by atoms with Crippen LogP contribution in [0.3, 0.4) is 0 Å². The highest BCUT2D eigenvalue weighted by Gasteiger charge is 2.25. The van der Waals surface area contributed by atoms with Gasteiger partial charge in [-0.2, -0.15) is 0 Å². The molecule has 0 aliphatic heterocycles. The van der Waals surface area contributed by atoms with E-state index in [9.17, 15) is 9.59 Å². The van der Waals surface area contributed by atoms with Gasteiger partial charge in [0.2, 0.25) is 5.91 Å². The smallest absolute Gasteiger partial charge is 0.408 e. The van der Waals surface area contributed by atoms with Crippen LogP contribution >= 0.6 is 0 Å². The van der Waals surface area contributed by atoms with Crippen molar-refractivity contribution in [3.05, 3.63) is 35.9 Å². The lowest BCUT2D eigenvalue weighted by Crippen LogP contribution is -2.50. The van der Waals surface area contributed by atoms with E-state index in [1.54, 1.807) is 20.8 Å². The lowest BCUT2D eigenvalue weighted by molar-refractivity contribution is -0.129. The van der Waals surface area contributed by atoms with Crippen molar-refractivity contribution in [1.29, 1.82) is 0 Å². The van der Waals surface area contributed by atoms with Gasteiger partial charge in [0, 0.05) is 20.6 Å². The third kappa shape index (κ3) is 8.51. The summed E-state index contributed by atoms with van der Waals surface area (Å²) in [6.45, 7) is 5.47. The molecule has 7 nitrogen and oxygen atoms in total. The highest BCUT2D eigenvalue weighted by Crippen LogP contribution is 2.08. The molecule has 0 aromatic heterocycles. The quantitative estimate of drug-likeness (QED) is 0.698. The van der Waals surface area contributed by atoms with Gasteiger partial charge in [-0.25, -0.2) is 4.79 Å². The topological polar surface area (TPSA) is 85.9 Å². The Balaban J connectivity index is 2.76. The average molecular weight is 352 g/mol. The SMILES string of the molecule is COC(CNC(=O)[C@H](Cc1ccccc1)NC(=O)OC(C)(C)C)OC. The summed E-state index contributed by atoms with van der Waals surface area (Å²) in [5.41, 5.74) is 0.281. The van der Waals surface area contributed by atoms with Crippen molar-refractivity contribution in [1.82, 2.24) is 10.6 Å². The first kappa shape index (κ1) is 20.9. The van der Waals surface area contributed by atoms with Crippen molar-refractivity contribution >= 4 is 12.0 Å². The summed E-state index contributed by atoms with van der Waals surface area (Å²) in [6.07, 6.45) is -0.849. The van der Waals surface area contributed by atoms with Crippen LogP contribution in [0.5, 0.6) is 0 Å². The van der Waals surface area contributed by atoms with E-state index in [-0.39, 0.29) is 12.5 Å². The van der Waals surface area contributed by atoms with Crippen LogP contribution in [0.25, 0.3) is 0 Å². The van der Waals surface area contributed by atoms with E-state index in [0.29, 0.717) is 6.42 Å². The molecule has 0 radical (unpaired) electrons. The number of hydrogen-bond donors (Lipinski definition) is 2. The first-order valence-electron chi connectivity index (χ1n) is 8.12. The van der Waals surface area contributed by atoms with Gasteiger partial charge in [0.1, 0.15) is 11.6 Å². The molecule has 0 unspecified atom stereocenters. The highest BCUT2D eigenvalue weighted by atomic mass is 16.7. The summed E-state index contributed by atoms with van der Waals surface area (Å²) in [6, 6.07) is 8.66. The maximum absolute atomic E-state index is 12.5. The Morgan fingerprint density at radius 2 is 1.68 bits per heavy atom. The number of alkyl carbamates (subject to hydrolysis) is 1. The second-order valence-corrected chi connectivity index (χ2v) is 6.53. The number of carbonyl (C=O) groups is 2. The van der Waals surface area contributed by atoms with Crippen LogP contribution in [0.4, 0.5) is 4.79 Å². The van der Waals surface area contributed by atoms with Crippen LogP contribution in [-0.4, -0.2) is 50.7 Å². The first-order valence-corrected chi connectivity index (χ1v) is 8.12. The van der Waals surface area contributed by atoms with E-state index < -0.39 is 24.0 Å². The van der Waals surface area contributed by atoms with Crippen LogP contribution in [0.15, 0.2) is 30.3 Å². The standard InChI is InChI=1S/C18H28N2O5/c1-18(2,3)25-17(22)20-14(11-13-9-7-6-8-10-13)16(21)19-12-15(23-4)24-5/h6-10,14-15H,11-12H2,1-5H3,(H,19,21)(H,20,22)/t14-/m0/s1. The maximum Gasteiger partial charge on any atom is 0.408 e.